The molecule has 0 aliphatic carbocycles. The fourth-order valence-electron chi connectivity index (χ4n) is 5.33. The molecule has 0 saturated heterocycles. The van der Waals surface area contributed by atoms with Gasteiger partial charge in [-0.25, -0.2) is 19.7 Å². The molecule has 4 heterocycles. The summed E-state index contributed by atoms with van der Waals surface area (Å²) in [4.78, 5) is 48.5. The van der Waals surface area contributed by atoms with Gasteiger partial charge in [-0.3, -0.25) is 14.4 Å². The Hall–Kier alpha value is -0.986. The predicted octanol–water partition coefficient (Wildman–Crippen LogP) is -2.18. The molecular weight excluding hydrogens is 1050 g/mol. The van der Waals surface area contributed by atoms with Crippen LogP contribution in [0.25, 0.3) is 9.69 Å². The van der Waals surface area contributed by atoms with Gasteiger partial charge in [0.25, 0.3) is 21.7 Å². The van der Waals surface area contributed by atoms with Crippen LogP contribution in [0.4, 0.5) is 10.0 Å². The molecule has 0 bridgehead atoms. The van der Waals surface area contributed by atoms with E-state index in [0.29, 0.717) is 49.6 Å². The Morgan fingerprint density at radius 2 is 1.39 bits per heavy atom. The van der Waals surface area contributed by atoms with E-state index >= 15 is 0 Å². The first kappa shape index (κ1) is 54.0. The zero-order chi connectivity index (χ0) is 40.7. The number of thiazole rings is 2. The summed E-state index contributed by atoms with van der Waals surface area (Å²) < 4.78 is 26.8. The number of esters is 2. The molecule has 2 unspecified atom stereocenters. The number of halogens is 1. The molecule has 3 N–H and O–H groups in total. The third-order valence-electron chi connectivity index (χ3n) is 7.28. The van der Waals surface area contributed by atoms with E-state index in [2.05, 4.69) is 24.5 Å². The van der Waals surface area contributed by atoms with E-state index in [1.165, 1.54) is 29.8 Å². The molecule has 2 aliphatic rings. The van der Waals surface area contributed by atoms with Gasteiger partial charge in [-0.05, 0) is 85.1 Å². The first-order valence-electron chi connectivity index (χ1n) is 16.0. The second kappa shape index (κ2) is 27.8. The van der Waals surface area contributed by atoms with Gasteiger partial charge in [-0.1, -0.05) is 22.9 Å². The van der Waals surface area contributed by atoms with Crippen LogP contribution in [-0.4, -0.2) is 71.0 Å². The zero-order valence-electron chi connectivity index (χ0n) is 32.6. The minimum Gasteiger partial charge on any atom is -1.00 e. The van der Waals surface area contributed by atoms with Gasteiger partial charge in [-0.15, -0.1) is 11.3 Å². The SMILES string of the molecule is CCOC(=O)CC1OB(O)c2cc(O)cc(C)c21.O=CO[O-].[C-]#[N+]c1cnc(Cl)s1.[C-]#[N+]c1cnc(Oc2cc(C)c3c(c2)B(O)OC3CC(=O)OCC)s1.[Cs+].[Cs+].[H-]. The van der Waals surface area contributed by atoms with Crippen LogP contribution in [-0.2, 0) is 38.1 Å². The summed E-state index contributed by atoms with van der Waals surface area (Å²) in [6.45, 7) is 21.0. The van der Waals surface area contributed by atoms with E-state index in [9.17, 15) is 24.7 Å². The fraction of sp³-hybridized carbons (Fsp3) is 0.303. The maximum Gasteiger partial charge on any atom is 1.00 e. The molecule has 2 atom stereocenters. The van der Waals surface area contributed by atoms with Crippen LogP contribution in [0.15, 0.2) is 36.7 Å². The van der Waals surface area contributed by atoms with Gasteiger partial charge in [-0.2, -0.15) is 0 Å². The quantitative estimate of drug-likeness (QED) is 0.0405. The van der Waals surface area contributed by atoms with Gasteiger partial charge < -0.3 is 50.2 Å². The van der Waals surface area contributed by atoms with Crippen LogP contribution in [0.1, 0.15) is 62.6 Å². The number of hydrogen-bond donors (Lipinski definition) is 3. The monoisotopic (exact) mass is 1080 g/mol. The Kier molecular flexibility index (Phi) is 26.3. The molecular formula is C33H33B2ClCs2N4O13S2. The average molecular weight is 1080 g/mol. The molecule has 0 radical (unpaired) electrons. The number of ether oxygens (including phenoxy) is 3. The van der Waals surface area contributed by atoms with Gasteiger partial charge >= 0.3 is 164 Å². The van der Waals surface area contributed by atoms with Crippen molar-refractivity contribution in [3.63, 3.8) is 0 Å². The summed E-state index contributed by atoms with van der Waals surface area (Å²) >= 11 is 7.73. The summed E-state index contributed by atoms with van der Waals surface area (Å²) in [7, 11) is -2.24. The van der Waals surface area contributed by atoms with E-state index in [4.69, 9.17) is 58.3 Å². The van der Waals surface area contributed by atoms with Crippen LogP contribution in [0, 0.1) is 27.0 Å². The number of fused-ring (bicyclic) bond motifs is 2. The van der Waals surface area contributed by atoms with Gasteiger partial charge in [0.2, 0.25) is 0 Å². The molecule has 290 valence electrons. The van der Waals surface area contributed by atoms with Crippen molar-refractivity contribution in [2.24, 2.45) is 0 Å². The number of nitrogens with zero attached hydrogens (tertiary/aromatic N) is 4. The molecule has 2 aromatic carbocycles. The molecule has 0 fully saturated rings. The van der Waals surface area contributed by atoms with Gasteiger partial charge in [0.05, 0.1) is 51.4 Å². The number of aryl methyl sites for hydroxylation is 2. The van der Waals surface area contributed by atoms with Crippen LogP contribution < -0.4 is 159 Å². The topological polar surface area (TPSA) is 225 Å². The Balaban J connectivity index is 0.000000860. The van der Waals surface area contributed by atoms with Gasteiger partial charge in [0, 0.05) is 12.4 Å². The van der Waals surface area contributed by atoms with Crippen LogP contribution in [0.5, 0.6) is 16.7 Å². The smallest absolute Gasteiger partial charge is 1.00 e. The van der Waals surface area contributed by atoms with Crippen molar-refractivity contribution in [2.45, 2.75) is 52.7 Å². The number of phenolic OH excluding ortho intramolecular Hbond substituents is 1. The van der Waals surface area contributed by atoms with Crippen molar-refractivity contribution in [1.82, 2.24) is 9.97 Å². The van der Waals surface area contributed by atoms with E-state index < -0.39 is 26.4 Å². The molecule has 24 heteroatoms. The summed E-state index contributed by atoms with van der Waals surface area (Å²) in [5.74, 6) is -0.177. The van der Waals surface area contributed by atoms with Crippen molar-refractivity contribution < 1.29 is 202 Å². The minimum absolute atomic E-state index is 0. The standard InChI is InChI=1S/C16H15BN2O5S.C12H15BO5.C4HClN2S.CH2O3.2Cs.H/c1-4-22-14(20)7-12-15-9(2)5-10(6-11(15)17(21)24-12)23-16-19-8-13(18-3)25-16;1-3-17-11(15)6-10-12-7(2)4-8(14)5-9(12)13(16)18-10;1-6-3-2-7-4(5)8-3;2-1-4-3;;;/h5-6,8,12,21H,4,7H2,1-2H3;4-5,10,14,16H,3,6H2,1-2H3;2H;1,3H;;;/q;;;;2*+1;-1/p-1. The van der Waals surface area contributed by atoms with Crippen LogP contribution in [0.3, 0.4) is 0 Å². The second-order valence-electron chi connectivity index (χ2n) is 10.9. The molecule has 2 aliphatic heterocycles. The minimum atomic E-state index is -1.13. The average Bonchev–Trinajstić information content (AvgIpc) is 3.92. The van der Waals surface area contributed by atoms with E-state index in [0.717, 1.165) is 33.6 Å². The summed E-state index contributed by atoms with van der Waals surface area (Å²) in [6.07, 6.45) is 1.94. The number of aromatic hydroxyl groups is 1. The van der Waals surface area contributed by atoms with Crippen molar-refractivity contribution in [3.8, 4) is 16.7 Å². The maximum absolute atomic E-state index is 11.7. The molecule has 6 rings (SSSR count). The first-order valence-corrected chi connectivity index (χ1v) is 18.0. The van der Waals surface area contributed by atoms with E-state index in [-0.39, 0.29) is 176 Å². The van der Waals surface area contributed by atoms with E-state index in [1.54, 1.807) is 39.0 Å². The number of carbonyl (C=O) groups is 3. The molecule has 0 amide bonds. The molecule has 0 saturated carbocycles. The molecule has 4 aromatic rings. The summed E-state index contributed by atoms with van der Waals surface area (Å²) in [6, 6.07) is 6.49. The first-order chi connectivity index (χ1) is 26.3. The third kappa shape index (κ3) is 16.8. The normalized spacial score (nSPS) is 14.0. The third-order valence-corrected chi connectivity index (χ3v) is 9.05. The Labute approximate surface area is 460 Å². The summed E-state index contributed by atoms with van der Waals surface area (Å²) in [5, 5.41) is 39.2. The number of aromatic nitrogens is 2. The fourth-order valence-corrected chi connectivity index (χ4v) is 6.62. The van der Waals surface area contributed by atoms with E-state index in [1.807, 2.05) is 6.92 Å². The Bertz CT molecular complexity index is 2060. The van der Waals surface area contributed by atoms with Crippen LogP contribution >= 0.6 is 34.3 Å². The Morgan fingerprint density at radius 3 is 1.81 bits per heavy atom. The number of hydrogen-bond acceptors (Lipinski definition) is 17. The maximum atomic E-state index is 11.7. The summed E-state index contributed by atoms with van der Waals surface area (Å²) in [5.41, 5.74) is 4.23. The molecule has 2 aromatic heterocycles. The van der Waals surface area contributed by atoms with Gasteiger partial charge in [0.1, 0.15) is 11.5 Å². The molecule has 17 nitrogen and oxygen atoms in total. The van der Waals surface area contributed by atoms with Crippen molar-refractivity contribution in [1.29, 1.82) is 0 Å². The predicted molar refractivity (Wildman–Crippen MR) is 199 cm³/mol. The molecule has 57 heavy (non-hydrogen) atoms. The largest absolute Gasteiger partial charge is 1.00 e. The van der Waals surface area contributed by atoms with Crippen molar-refractivity contribution in [3.05, 3.63) is 86.2 Å². The number of rotatable bonds is 9. The molecule has 0 spiro atoms. The number of benzene rings is 2. The number of phenols is 1. The van der Waals surface area contributed by atoms with Crippen molar-refractivity contribution >= 4 is 87.8 Å². The zero-order valence-corrected chi connectivity index (χ0v) is 46.5. The second-order valence-corrected chi connectivity index (χ2v) is 13.5. The van der Waals surface area contributed by atoms with Gasteiger partial charge in [0.15, 0.2) is 4.47 Å². The number of carbonyl (C=O) groups excluding carboxylic acids is 3. The Morgan fingerprint density at radius 1 is 0.912 bits per heavy atom. The van der Waals surface area contributed by atoms with Crippen LogP contribution in [0.2, 0.25) is 4.47 Å². The van der Waals surface area contributed by atoms with Crippen molar-refractivity contribution in [2.75, 3.05) is 13.2 Å².